The van der Waals surface area contributed by atoms with Crippen molar-refractivity contribution in [1.29, 1.82) is 0 Å². The van der Waals surface area contributed by atoms with Crippen LogP contribution in [0.4, 0.5) is 0 Å². The van der Waals surface area contributed by atoms with Crippen LogP contribution in [0.5, 0.6) is 0 Å². The lowest BCUT2D eigenvalue weighted by atomic mass is 10.1. The van der Waals surface area contributed by atoms with E-state index in [4.69, 9.17) is 4.74 Å². The van der Waals surface area contributed by atoms with E-state index in [1.165, 1.54) is 5.56 Å². The maximum absolute atomic E-state index is 5.82. The van der Waals surface area contributed by atoms with Gasteiger partial charge in [0.15, 0.2) is 5.16 Å². The number of benzene rings is 1. The van der Waals surface area contributed by atoms with Crippen LogP contribution in [0.2, 0.25) is 0 Å². The van der Waals surface area contributed by atoms with Crippen molar-refractivity contribution in [2.24, 2.45) is 0 Å². The van der Waals surface area contributed by atoms with Crippen LogP contribution in [-0.4, -0.2) is 55.9 Å². The molecule has 0 aliphatic carbocycles. The summed E-state index contributed by atoms with van der Waals surface area (Å²) in [4.78, 5) is 2.25. The third-order valence-electron chi connectivity index (χ3n) is 5.02. The highest BCUT2D eigenvalue weighted by atomic mass is 32.2. The molecule has 0 spiro atoms. The summed E-state index contributed by atoms with van der Waals surface area (Å²) in [6.07, 6.45) is 6.46. The number of aromatic amines is 1. The third kappa shape index (κ3) is 4.29. The van der Waals surface area contributed by atoms with Crippen LogP contribution in [0.15, 0.2) is 41.7 Å². The summed E-state index contributed by atoms with van der Waals surface area (Å²) in [5.74, 6) is 0.979. The molecule has 0 saturated carbocycles. The molecule has 1 saturated heterocycles. The predicted octanol–water partition coefficient (Wildman–Crippen LogP) is 3.20. The molecule has 2 aromatic heterocycles. The Hall–Kier alpha value is -2.16. The zero-order chi connectivity index (χ0) is 19.3. The molecule has 1 fully saturated rings. The molecular formula is C20H26N6OS. The summed E-state index contributed by atoms with van der Waals surface area (Å²) in [5, 5.41) is 17.2. The van der Waals surface area contributed by atoms with Gasteiger partial charge in [-0.3, -0.25) is 10.00 Å². The van der Waals surface area contributed by atoms with Crippen molar-refractivity contribution in [3.63, 3.8) is 0 Å². The van der Waals surface area contributed by atoms with Crippen LogP contribution in [0, 0.1) is 0 Å². The summed E-state index contributed by atoms with van der Waals surface area (Å²) < 4.78 is 8.04. The average Bonchev–Trinajstić information content (AvgIpc) is 3.45. The predicted molar refractivity (Wildman–Crippen MR) is 110 cm³/mol. The smallest absolute Gasteiger partial charge is 0.191 e. The number of rotatable bonds is 8. The summed E-state index contributed by atoms with van der Waals surface area (Å²) in [5.41, 5.74) is 3.39. The SMILES string of the molecule is CSc1nnc(CN(C)Cc2cn[nH]c2-c2ccccc2)n1CC1CCCO1. The minimum Gasteiger partial charge on any atom is -0.376 e. The number of H-pyrrole nitrogens is 1. The van der Waals surface area contributed by atoms with E-state index in [0.29, 0.717) is 0 Å². The lowest BCUT2D eigenvalue weighted by molar-refractivity contribution is 0.0934. The monoisotopic (exact) mass is 398 g/mol. The first-order valence-corrected chi connectivity index (χ1v) is 10.8. The van der Waals surface area contributed by atoms with Crippen molar-refractivity contribution in [1.82, 2.24) is 29.9 Å². The van der Waals surface area contributed by atoms with Gasteiger partial charge < -0.3 is 9.30 Å². The molecule has 28 heavy (non-hydrogen) atoms. The van der Waals surface area contributed by atoms with E-state index < -0.39 is 0 Å². The van der Waals surface area contributed by atoms with Crippen LogP contribution >= 0.6 is 11.8 Å². The first kappa shape index (κ1) is 19.2. The molecule has 1 aliphatic heterocycles. The van der Waals surface area contributed by atoms with Gasteiger partial charge >= 0.3 is 0 Å². The van der Waals surface area contributed by atoms with Gasteiger partial charge in [-0.15, -0.1) is 10.2 Å². The molecule has 1 atom stereocenters. The van der Waals surface area contributed by atoms with Gasteiger partial charge in [0, 0.05) is 18.7 Å². The molecule has 8 heteroatoms. The van der Waals surface area contributed by atoms with E-state index in [1.54, 1.807) is 11.8 Å². The molecule has 1 N–H and O–H groups in total. The normalized spacial score (nSPS) is 16.9. The van der Waals surface area contributed by atoms with E-state index in [0.717, 1.165) is 61.3 Å². The van der Waals surface area contributed by atoms with Gasteiger partial charge in [0.1, 0.15) is 5.82 Å². The molecule has 1 aliphatic rings. The molecule has 1 aromatic carbocycles. The second kappa shape index (κ2) is 8.89. The van der Waals surface area contributed by atoms with Crippen LogP contribution in [0.25, 0.3) is 11.3 Å². The zero-order valence-electron chi connectivity index (χ0n) is 16.3. The molecule has 1 unspecified atom stereocenters. The van der Waals surface area contributed by atoms with Crippen molar-refractivity contribution >= 4 is 11.8 Å². The Bertz CT molecular complexity index is 887. The van der Waals surface area contributed by atoms with Crippen molar-refractivity contribution in [2.75, 3.05) is 19.9 Å². The van der Waals surface area contributed by atoms with Crippen molar-refractivity contribution in [3.8, 4) is 11.3 Å². The number of nitrogens with zero attached hydrogens (tertiary/aromatic N) is 5. The molecule has 0 radical (unpaired) electrons. The van der Waals surface area contributed by atoms with Gasteiger partial charge in [0.2, 0.25) is 0 Å². The second-order valence-electron chi connectivity index (χ2n) is 7.16. The second-order valence-corrected chi connectivity index (χ2v) is 7.93. The van der Waals surface area contributed by atoms with Crippen LogP contribution in [0.3, 0.4) is 0 Å². The highest BCUT2D eigenvalue weighted by Gasteiger charge is 2.21. The fraction of sp³-hybridized carbons (Fsp3) is 0.450. The summed E-state index contributed by atoms with van der Waals surface area (Å²) in [7, 11) is 2.10. The Morgan fingerprint density at radius 1 is 1.25 bits per heavy atom. The summed E-state index contributed by atoms with van der Waals surface area (Å²) in [6, 6.07) is 10.3. The van der Waals surface area contributed by atoms with Crippen molar-refractivity contribution in [2.45, 2.75) is 43.7 Å². The largest absolute Gasteiger partial charge is 0.376 e. The van der Waals surface area contributed by atoms with E-state index in [1.807, 2.05) is 30.7 Å². The number of aromatic nitrogens is 5. The van der Waals surface area contributed by atoms with Gasteiger partial charge in [-0.2, -0.15) is 5.10 Å². The third-order valence-corrected chi connectivity index (χ3v) is 5.69. The summed E-state index contributed by atoms with van der Waals surface area (Å²) >= 11 is 1.63. The first-order valence-electron chi connectivity index (χ1n) is 9.58. The Kier molecular flexibility index (Phi) is 6.09. The standard InChI is InChI=1S/C20H26N6OS/c1-25(12-16-11-21-23-19(16)15-7-4-3-5-8-15)14-18-22-24-20(28-2)26(18)13-17-9-6-10-27-17/h3-5,7-8,11,17H,6,9-10,12-14H2,1-2H3,(H,21,23). The van der Waals surface area contributed by atoms with Gasteiger partial charge in [-0.1, -0.05) is 42.1 Å². The highest BCUT2D eigenvalue weighted by molar-refractivity contribution is 7.98. The molecule has 148 valence electrons. The fourth-order valence-corrected chi connectivity index (χ4v) is 4.16. The molecule has 3 aromatic rings. The average molecular weight is 399 g/mol. The Balaban J connectivity index is 1.47. The number of ether oxygens (including phenoxy) is 1. The highest BCUT2D eigenvalue weighted by Crippen LogP contribution is 2.23. The number of hydrogen-bond acceptors (Lipinski definition) is 6. The first-order chi connectivity index (χ1) is 13.7. The molecule has 4 rings (SSSR count). The number of nitrogens with one attached hydrogen (secondary N) is 1. The lowest BCUT2D eigenvalue weighted by Gasteiger charge is -2.19. The Morgan fingerprint density at radius 3 is 2.86 bits per heavy atom. The maximum atomic E-state index is 5.82. The van der Waals surface area contributed by atoms with Crippen molar-refractivity contribution in [3.05, 3.63) is 47.9 Å². The zero-order valence-corrected chi connectivity index (χ0v) is 17.2. The molecule has 0 amide bonds. The molecule has 7 nitrogen and oxygen atoms in total. The quantitative estimate of drug-likeness (QED) is 0.588. The minimum atomic E-state index is 0.268. The van der Waals surface area contributed by atoms with Crippen molar-refractivity contribution < 1.29 is 4.74 Å². The summed E-state index contributed by atoms with van der Waals surface area (Å²) in [6.45, 7) is 3.19. The maximum Gasteiger partial charge on any atom is 0.191 e. The number of hydrogen-bond donors (Lipinski definition) is 1. The van der Waals surface area contributed by atoms with Crippen LogP contribution < -0.4 is 0 Å². The van der Waals surface area contributed by atoms with E-state index >= 15 is 0 Å². The fourth-order valence-electron chi connectivity index (χ4n) is 3.64. The van der Waals surface area contributed by atoms with E-state index in [9.17, 15) is 0 Å². The van der Waals surface area contributed by atoms with Gasteiger partial charge in [0.05, 0.1) is 31.1 Å². The molecule has 3 heterocycles. The van der Waals surface area contributed by atoms with Crippen LogP contribution in [0.1, 0.15) is 24.2 Å². The van der Waals surface area contributed by atoms with Gasteiger partial charge in [0.25, 0.3) is 0 Å². The lowest BCUT2D eigenvalue weighted by Crippen LogP contribution is -2.23. The minimum absolute atomic E-state index is 0.268. The van der Waals surface area contributed by atoms with E-state index in [2.05, 4.69) is 49.0 Å². The topological polar surface area (TPSA) is 71.9 Å². The molecular weight excluding hydrogens is 372 g/mol. The Labute approximate surface area is 169 Å². The van der Waals surface area contributed by atoms with E-state index in [-0.39, 0.29) is 6.10 Å². The Morgan fingerprint density at radius 2 is 2.11 bits per heavy atom. The van der Waals surface area contributed by atoms with Gasteiger partial charge in [-0.25, -0.2) is 0 Å². The van der Waals surface area contributed by atoms with Gasteiger partial charge in [-0.05, 0) is 31.7 Å². The van der Waals surface area contributed by atoms with Crippen LogP contribution in [-0.2, 0) is 24.4 Å². The number of thioether (sulfide) groups is 1. The molecule has 0 bridgehead atoms.